The topological polar surface area (TPSA) is 67.8 Å². The van der Waals surface area contributed by atoms with Gasteiger partial charge < -0.3 is 19.9 Å². The highest BCUT2D eigenvalue weighted by Gasteiger charge is 2.32. The molecule has 0 aliphatic heterocycles. The third-order valence-corrected chi connectivity index (χ3v) is 5.88. The first-order chi connectivity index (χ1) is 16.9. The van der Waals surface area contributed by atoms with Gasteiger partial charge in [0.1, 0.15) is 23.9 Å². The number of ether oxygens (including phenoxy) is 2. The Bertz CT molecular complexity index is 1260. The molecule has 0 bridgehead atoms. The molecule has 36 heavy (non-hydrogen) atoms. The highest BCUT2D eigenvalue weighted by molar-refractivity contribution is 5.93. The number of halogens is 4. The summed E-state index contributed by atoms with van der Waals surface area (Å²) in [6.45, 7) is 5.34. The molecule has 3 aromatic rings. The number of alkyl halides is 3. The fourth-order valence-corrected chi connectivity index (χ4v) is 4.00. The number of carboxylic acids is 1. The molecule has 0 saturated heterocycles. The lowest BCUT2D eigenvalue weighted by Gasteiger charge is -2.18. The lowest BCUT2D eigenvalue weighted by molar-refractivity contribution is -0.137. The summed E-state index contributed by atoms with van der Waals surface area (Å²) in [5.41, 5.74) is 1.27. The molecule has 1 atom stereocenters. The van der Waals surface area contributed by atoms with Gasteiger partial charge in [-0.3, -0.25) is 0 Å². The maximum atomic E-state index is 13.8. The van der Waals surface area contributed by atoms with Crippen LogP contribution in [0.5, 0.6) is 11.5 Å². The average molecular weight is 506 g/mol. The molecule has 0 heterocycles. The van der Waals surface area contributed by atoms with Crippen LogP contribution in [0.2, 0.25) is 0 Å². The quantitative estimate of drug-likeness (QED) is 0.255. The summed E-state index contributed by atoms with van der Waals surface area (Å²) in [5, 5.41) is 12.7. The van der Waals surface area contributed by atoms with Gasteiger partial charge in [-0.15, -0.1) is 0 Å². The average Bonchev–Trinajstić information content (AvgIpc) is 2.80. The molecule has 0 aliphatic carbocycles. The van der Waals surface area contributed by atoms with Crippen molar-refractivity contribution >= 4 is 5.97 Å². The lowest BCUT2D eigenvalue weighted by atomic mass is 9.92. The first kappa shape index (κ1) is 27.0. The van der Waals surface area contributed by atoms with Gasteiger partial charge in [0.2, 0.25) is 0 Å². The summed E-state index contributed by atoms with van der Waals surface area (Å²) >= 11 is 0. The Morgan fingerprint density at radius 1 is 1.06 bits per heavy atom. The zero-order chi connectivity index (χ0) is 26.6. The van der Waals surface area contributed by atoms with Crippen molar-refractivity contribution in [2.45, 2.75) is 33.0 Å². The third-order valence-electron chi connectivity index (χ3n) is 5.88. The second-order valence-corrected chi connectivity index (χ2v) is 8.43. The summed E-state index contributed by atoms with van der Waals surface area (Å²) in [4.78, 5) is 11.7. The van der Waals surface area contributed by atoms with Gasteiger partial charge in [-0.05, 0) is 78.9 Å². The van der Waals surface area contributed by atoms with E-state index in [0.717, 1.165) is 12.1 Å². The number of aryl methyl sites for hydroxylation is 1. The van der Waals surface area contributed by atoms with E-state index in [1.54, 1.807) is 32.0 Å². The van der Waals surface area contributed by atoms with Crippen LogP contribution in [0.3, 0.4) is 0 Å². The number of rotatable bonds is 9. The second kappa shape index (κ2) is 11.0. The maximum absolute atomic E-state index is 13.8. The molecule has 5 nitrogen and oxygen atoms in total. The van der Waals surface area contributed by atoms with Crippen LogP contribution in [0.25, 0.3) is 11.1 Å². The van der Waals surface area contributed by atoms with Crippen LogP contribution in [0.1, 0.15) is 45.6 Å². The van der Waals surface area contributed by atoms with E-state index in [-0.39, 0.29) is 36.1 Å². The first-order valence-electron chi connectivity index (χ1n) is 11.2. The predicted molar refractivity (Wildman–Crippen MR) is 128 cm³/mol. The van der Waals surface area contributed by atoms with Crippen molar-refractivity contribution in [2.24, 2.45) is 0 Å². The van der Waals surface area contributed by atoms with Crippen LogP contribution in [-0.4, -0.2) is 31.3 Å². The largest absolute Gasteiger partial charge is 0.497 e. The van der Waals surface area contributed by atoms with Crippen LogP contribution < -0.4 is 14.8 Å². The van der Waals surface area contributed by atoms with E-state index >= 15 is 0 Å². The van der Waals surface area contributed by atoms with E-state index < -0.39 is 23.5 Å². The van der Waals surface area contributed by atoms with E-state index in [0.29, 0.717) is 28.0 Å². The SMILES string of the molecule is COc1cc(F)cc(C(C)NCCOc2cc(-c3ccc(C)c(C(=O)O)c3C)cc(C(F)(F)F)c2)c1. The summed E-state index contributed by atoms with van der Waals surface area (Å²) < 4.78 is 65.3. The van der Waals surface area contributed by atoms with E-state index in [1.165, 1.54) is 25.3 Å². The molecule has 0 aromatic heterocycles. The third kappa shape index (κ3) is 6.34. The number of carbonyl (C=O) groups is 1. The minimum atomic E-state index is -4.62. The molecule has 9 heteroatoms. The molecule has 192 valence electrons. The van der Waals surface area contributed by atoms with Gasteiger partial charge in [-0.2, -0.15) is 13.2 Å². The Morgan fingerprint density at radius 2 is 1.78 bits per heavy atom. The molecular weight excluding hydrogens is 478 g/mol. The van der Waals surface area contributed by atoms with Gasteiger partial charge in [-0.25, -0.2) is 9.18 Å². The van der Waals surface area contributed by atoms with E-state index in [1.807, 2.05) is 6.92 Å². The number of hydrogen-bond acceptors (Lipinski definition) is 4. The van der Waals surface area contributed by atoms with Crippen LogP contribution in [0, 0.1) is 19.7 Å². The lowest BCUT2D eigenvalue weighted by Crippen LogP contribution is -2.24. The summed E-state index contributed by atoms with van der Waals surface area (Å²) in [6, 6.07) is 10.6. The van der Waals surface area contributed by atoms with E-state index in [4.69, 9.17) is 9.47 Å². The minimum Gasteiger partial charge on any atom is -0.497 e. The Hall–Kier alpha value is -3.59. The second-order valence-electron chi connectivity index (χ2n) is 8.43. The Balaban J connectivity index is 1.80. The number of aromatic carboxylic acids is 1. The van der Waals surface area contributed by atoms with Gasteiger partial charge >= 0.3 is 12.1 Å². The van der Waals surface area contributed by atoms with Crippen molar-refractivity contribution in [2.75, 3.05) is 20.3 Å². The van der Waals surface area contributed by atoms with Gasteiger partial charge in [-0.1, -0.05) is 12.1 Å². The van der Waals surface area contributed by atoms with E-state index in [2.05, 4.69) is 5.32 Å². The van der Waals surface area contributed by atoms with Crippen molar-refractivity contribution < 1.29 is 36.9 Å². The zero-order valence-corrected chi connectivity index (χ0v) is 20.3. The van der Waals surface area contributed by atoms with Gasteiger partial charge in [0.15, 0.2) is 0 Å². The fraction of sp³-hybridized carbons (Fsp3) is 0.296. The highest BCUT2D eigenvalue weighted by atomic mass is 19.4. The number of nitrogens with one attached hydrogen (secondary N) is 1. The molecular formula is C27H27F4NO4. The maximum Gasteiger partial charge on any atom is 0.416 e. The first-order valence-corrected chi connectivity index (χ1v) is 11.2. The molecule has 0 amide bonds. The Morgan fingerprint density at radius 3 is 2.42 bits per heavy atom. The molecule has 0 radical (unpaired) electrons. The van der Waals surface area contributed by atoms with E-state index in [9.17, 15) is 27.5 Å². The summed E-state index contributed by atoms with van der Waals surface area (Å²) in [7, 11) is 1.44. The summed E-state index contributed by atoms with van der Waals surface area (Å²) in [6.07, 6.45) is -4.62. The van der Waals surface area contributed by atoms with Crippen molar-refractivity contribution in [3.05, 3.63) is 82.2 Å². The molecule has 0 aliphatic rings. The molecule has 1 unspecified atom stereocenters. The molecule has 2 N–H and O–H groups in total. The zero-order valence-electron chi connectivity index (χ0n) is 20.3. The fourth-order valence-electron chi connectivity index (χ4n) is 4.00. The molecule has 0 saturated carbocycles. The minimum absolute atomic E-state index is 0.00134. The van der Waals surface area contributed by atoms with Gasteiger partial charge in [0, 0.05) is 18.7 Å². The van der Waals surface area contributed by atoms with Crippen molar-refractivity contribution in [1.29, 1.82) is 0 Å². The van der Waals surface area contributed by atoms with Crippen LogP contribution in [0.4, 0.5) is 17.6 Å². The molecule has 3 aromatic carbocycles. The predicted octanol–water partition coefficient (Wildman–Crippen LogP) is 6.56. The smallest absolute Gasteiger partial charge is 0.416 e. The Labute approximate surface area is 206 Å². The van der Waals surface area contributed by atoms with Crippen LogP contribution in [0.15, 0.2) is 48.5 Å². The molecule has 3 rings (SSSR count). The standard InChI is InChI=1S/C27H27F4NO4/c1-15-5-6-24(16(2)25(15)26(33)34)19-9-20(27(29,30)31)13-23(12-19)36-8-7-32-17(3)18-10-21(28)14-22(11-18)35-4/h5-6,9-14,17,32H,7-8H2,1-4H3,(H,33,34). The van der Waals surface area contributed by atoms with Crippen molar-refractivity contribution in [1.82, 2.24) is 5.32 Å². The monoisotopic (exact) mass is 505 g/mol. The summed E-state index contributed by atoms with van der Waals surface area (Å²) in [5.74, 6) is -1.21. The Kier molecular flexibility index (Phi) is 8.24. The number of benzene rings is 3. The normalized spacial score (nSPS) is 12.3. The highest BCUT2D eigenvalue weighted by Crippen LogP contribution is 2.37. The van der Waals surface area contributed by atoms with Crippen LogP contribution >= 0.6 is 0 Å². The number of hydrogen-bond donors (Lipinski definition) is 2. The number of methoxy groups -OCH3 is 1. The van der Waals surface area contributed by atoms with Gasteiger partial charge in [0.05, 0.1) is 18.2 Å². The van der Waals surface area contributed by atoms with Crippen LogP contribution in [-0.2, 0) is 6.18 Å². The van der Waals surface area contributed by atoms with Gasteiger partial charge in [0.25, 0.3) is 0 Å². The van der Waals surface area contributed by atoms with Crippen molar-refractivity contribution in [3.63, 3.8) is 0 Å². The number of carboxylic acid groups (broad SMARTS) is 1. The van der Waals surface area contributed by atoms with Crippen molar-refractivity contribution in [3.8, 4) is 22.6 Å². The molecule has 0 fully saturated rings. The molecule has 0 spiro atoms.